The summed E-state index contributed by atoms with van der Waals surface area (Å²) in [5, 5.41) is 0. The molecular weight excluding hydrogens is 594 g/mol. The van der Waals surface area contributed by atoms with Crippen LogP contribution in [-0.4, -0.2) is 60.5 Å². The fraction of sp³-hybridized carbons (Fsp3) is 0.238. The van der Waals surface area contributed by atoms with Gasteiger partial charge in [0.2, 0.25) is 5.91 Å². The van der Waals surface area contributed by atoms with Gasteiger partial charge in [0.15, 0.2) is 0 Å². The number of amides is 1. The molecule has 0 radical (unpaired) electrons. The molecule has 2 N–H and O–H groups in total. The van der Waals surface area contributed by atoms with E-state index < -0.39 is 11.8 Å². The van der Waals surface area contributed by atoms with Crippen LogP contribution in [-0.2, 0) is 14.3 Å². The lowest BCUT2D eigenvalue weighted by molar-refractivity contribution is -0.149. The minimum Gasteiger partial charge on any atom is -0.460 e. The Morgan fingerprint density at radius 1 is 0.833 bits per heavy atom. The van der Waals surface area contributed by atoms with E-state index >= 15 is 0 Å². The number of likely N-dealkylation sites (tertiary alicyclic amines) is 1. The SMILES string of the molecule is C=C(/C=C\C=C(/C)N)[C@@H](CN1CC[C@H](OC(=O)C(c2ccccc2)c2ccccc2)C1)N(C)C(=O)C(c1ccccc1)c1ccccc1. The van der Waals surface area contributed by atoms with Crippen LogP contribution < -0.4 is 5.73 Å². The van der Waals surface area contributed by atoms with E-state index in [1.807, 2.05) is 158 Å². The Balaban J connectivity index is 1.34. The molecule has 4 aromatic carbocycles. The number of likely N-dealkylation sites (N-methyl/N-ethyl adjacent to an activating group) is 1. The smallest absolute Gasteiger partial charge is 0.318 e. The highest BCUT2D eigenvalue weighted by molar-refractivity contribution is 5.87. The molecule has 0 aliphatic carbocycles. The van der Waals surface area contributed by atoms with Crippen LogP contribution in [0.2, 0.25) is 0 Å². The van der Waals surface area contributed by atoms with E-state index in [4.69, 9.17) is 10.5 Å². The minimum atomic E-state index is -0.505. The zero-order valence-electron chi connectivity index (χ0n) is 27.8. The van der Waals surface area contributed by atoms with E-state index in [9.17, 15) is 9.59 Å². The number of esters is 1. The highest BCUT2D eigenvalue weighted by Crippen LogP contribution is 2.30. The molecule has 0 unspecified atom stereocenters. The Kier molecular flexibility index (Phi) is 11.8. The van der Waals surface area contributed by atoms with E-state index in [1.54, 1.807) is 0 Å². The Bertz CT molecular complexity index is 1620. The molecule has 1 fully saturated rings. The van der Waals surface area contributed by atoms with Crippen LogP contribution in [0.25, 0.3) is 0 Å². The number of ether oxygens (including phenoxy) is 1. The van der Waals surface area contributed by atoms with Crippen molar-refractivity contribution in [2.75, 3.05) is 26.7 Å². The maximum absolute atomic E-state index is 14.4. The maximum Gasteiger partial charge on any atom is 0.318 e. The monoisotopic (exact) mass is 639 g/mol. The first-order valence-corrected chi connectivity index (χ1v) is 16.5. The van der Waals surface area contributed by atoms with Crippen molar-refractivity contribution in [2.24, 2.45) is 5.73 Å². The normalized spacial score (nSPS) is 15.9. The molecule has 1 amide bonds. The molecule has 4 aromatic rings. The fourth-order valence-corrected chi connectivity index (χ4v) is 6.34. The second-order valence-electron chi connectivity index (χ2n) is 12.4. The predicted molar refractivity (Wildman–Crippen MR) is 193 cm³/mol. The topological polar surface area (TPSA) is 75.9 Å². The van der Waals surface area contributed by atoms with Crippen LogP contribution in [0.1, 0.15) is 47.4 Å². The molecule has 0 aromatic heterocycles. The lowest BCUT2D eigenvalue weighted by Gasteiger charge is -2.35. The van der Waals surface area contributed by atoms with Crippen LogP contribution in [0.3, 0.4) is 0 Å². The molecule has 1 aliphatic rings. The minimum absolute atomic E-state index is 0.0202. The summed E-state index contributed by atoms with van der Waals surface area (Å²) in [5.41, 5.74) is 11.0. The van der Waals surface area contributed by atoms with Gasteiger partial charge in [0.05, 0.1) is 12.0 Å². The summed E-state index contributed by atoms with van der Waals surface area (Å²) in [7, 11) is 1.85. The van der Waals surface area contributed by atoms with E-state index in [1.165, 1.54) is 0 Å². The van der Waals surface area contributed by atoms with Gasteiger partial charge < -0.3 is 15.4 Å². The van der Waals surface area contributed by atoms with Crippen LogP contribution in [0.15, 0.2) is 157 Å². The van der Waals surface area contributed by atoms with Crippen molar-refractivity contribution in [2.45, 2.75) is 37.3 Å². The molecule has 1 saturated heterocycles. The van der Waals surface area contributed by atoms with Crippen LogP contribution in [0.5, 0.6) is 0 Å². The molecule has 6 heteroatoms. The first-order valence-electron chi connectivity index (χ1n) is 16.5. The van der Waals surface area contributed by atoms with E-state index in [0.29, 0.717) is 25.2 Å². The molecule has 246 valence electrons. The second-order valence-corrected chi connectivity index (χ2v) is 12.4. The number of hydrogen-bond donors (Lipinski definition) is 1. The third kappa shape index (κ3) is 8.78. The molecule has 6 nitrogen and oxygen atoms in total. The van der Waals surface area contributed by atoms with Crippen molar-refractivity contribution < 1.29 is 14.3 Å². The van der Waals surface area contributed by atoms with Crippen LogP contribution >= 0.6 is 0 Å². The van der Waals surface area contributed by atoms with Crippen molar-refractivity contribution in [3.05, 3.63) is 180 Å². The van der Waals surface area contributed by atoms with Gasteiger partial charge in [-0.05, 0) is 47.2 Å². The summed E-state index contributed by atoms with van der Waals surface area (Å²) in [6.07, 6.45) is 6.06. The summed E-state index contributed by atoms with van der Waals surface area (Å²) >= 11 is 0. The van der Waals surface area contributed by atoms with E-state index in [0.717, 1.165) is 34.4 Å². The second kappa shape index (κ2) is 16.6. The molecule has 1 aliphatic heterocycles. The molecule has 0 bridgehead atoms. The van der Waals surface area contributed by atoms with Gasteiger partial charge >= 0.3 is 5.97 Å². The summed E-state index contributed by atoms with van der Waals surface area (Å²) in [6, 6.07) is 39.0. The number of nitrogens with two attached hydrogens (primary N) is 1. The molecular formula is C42H45N3O3. The number of hydrogen-bond acceptors (Lipinski definition) is 5. The van der Waals surface area contributed by atoms with Gasteiger partial charge in [0.1, 0.15) is 12.0 Å². The molecule has 0 saturated carbocycles. The zero-order valence-corrected chi connectivity index (χ0v) is 27.8. The Hall–Kier alpha value is -5.20. The zero-order chi connectivity index (χ0) is 33.9. The van der Waals surface area contributed by atoms with Crippen LogP contribution in [0.4, 0.5) is 0 Å². The van der Waals surface area contributed by atoms with Gasteiger partial charge in [0, 0.05) is 32.4 Å². The summed E-state index contributed by atoms with van der Waals surface area (Å²) < 4.78 is 6.19. The van der Waals surface area contributed by atoms with Crippen molar-refractivity contribution in [3.63, 3.8) is 0 Å². The highest BCUT2D eigenvalue weighted by atomic mass is 16.5. The number of allylic oxidation sites excluding steroid dienone is 3. The first kappa shape index (κ1) is 34.1. The number of carbonyl (C=O) groups is 2. The van der Waals surface area contributed by atoms with Gasteiger partial charge in [-0.2, -0.15) is 0 Å². The van der Waals surface area contributed by atoms with Gasteiger partial charge in [-0.25, -0.2) is 0 Å². The predicted octanol–water partition coefficient (Wildman–Crippen LogP) is 7.07. The molecule has 5 rings (SSSR count). The Morgan fingerprint density at radius 3 is 1.75 bits per heavy atom. The summed E-state index contributed by atoms with van der Waals surface area (Å²) in [6.45, 7) is 8.07. The molecule has 48 heavy (non-hydrogen) atoms. The number of nitrogens with zero attached hydrogens (tertiary/aromatic N) is 2. The van der Waals surface area contributed by atoms with E-state index in [-0.39, 0.29) is 24.0 Å². The lowest BCUT2D eigenvalue weighted by atomic mass is 9.89. The maximum atomic E-state index is 14.4. The van der Waals surface area contributed by atoms with Gasteiger partial charge in [-0.15, -0.1) is 0 Å². The number of carbonyl (C=O) groups excluding carboxylic acids is 2. The lowest BCUT2D eigenvalue weighted by Crippen LogP contribution is -2.47. The van der Waals surface area contributed by atoms with Gasteiger partial charge in [0.25, 0.3) is 0 Å². The highest BCUT2D eigenvalue weighted by Gasteiger charge is 2.35. The standard InChI is InChI=1S/C42H45N3O3/c1-31(17-16-18-32(2)43)38(44(3)41(46)39(33-19-8-4-9-20-33)34-21-10-5-11-22-34)30-45-28-27-37(29-45)48-42(47)40(35-23-12-6-13-24-35)36-25-14-7-15-26-36/h4-26,37-40H,1,27-30,43H2,2-3H3/b17-16-,32-18+/t37-,38+/m0/s1. The fourth-order valence-electron chi connectivity index (χ4n) is 6.34. The van der Waals surface area contributed by atoms with Gasteiger partial charge in [-0.3, -0.25) is 14.5 Å². The Morgan fingerprint density at radius 2 is 1.29 bits per heavy atom. The third-order valence-corrected chi connectivity index (χ3v) is 8.87. The molecule has 2 atom stereocenters. The first-order chi connectivity index (χ1) is 23.3. The third-order valence-electron chi connectivity index (χ3n) is 8.87. The molecule has 0 spiro atoms. The average molecular weight is 640 g/mol. The number of rotatable bonds is 13. The van der Waals surface area contributed by atoms with Crippen molar-refractivity contribution in [3.8, 4) is 0 Å². The van der Waals surface area contributed by atoms with Crippen molar-refractivity contribution >= 4 is 11.9 Å². The van der Waals surface area contributed by atoms with Gasteiger partial charge in [-0.1, -0.05) is 140 Å². The van der Waals surface area contributed by atoms with E-state index in [2.05, 4.69) is 11.5 Å². The molecule has 1 heterocycles. The largest absolute Gasteiger partial charge is 0.460 e. The van der Waals surface area contributed by atoms with Crippen molar-refractivity contribution in [1.29, 1.82) is 0 Å². The number of benzene rings is 4. The average Bonchev–Trinajstić information content (AvgIpc) is 3.55. The van der Waals surface area contributed by atoms with Crippen LogP contribution in [0, 0.1) is 0 Å². The quantitative estimate of drug-likeness (QED) is 0.125. The Labute approximate surface area is 284 Å². The summed E-state index contributed by atoms with van der Waals surface area (Å²) in [4.78, 5) is 32.2. The van der Waals surface area contributed by atoms with Crippen molar-refractivity contribution in [1.82, 2.24) is 9.80 Å². The summed E-state index contributed by atoms with van der Waals surface area (Å²) in [5.74, 6) is -1.25.